The molecule has 1 aromatic heterocycles. The van der Waals surface area contributed by atoms with Gasteiger partial charge in [0, 0.05) is 23.3 Å². The summed E-state index contributed by atoms with van der Waals surface area (Å²) < 4.78 is 19.7. The van der Waals surface area contributed by atoms with Gasteiger partial charge in [0.1, 0.15) is 24.0 Å². The molecule has 10 heteroatoms. The third-order valence-corrected chi connectivity index (χ3v) is 4.70. The summed E-state index contributed by atoms with van der Waals surface area (Å²) in [6.07, 6.45) is 1.38. The molecule has 0 bridgehead atoms. The maximum Gasteiger partial charge on any atom is 0.251 e. The van der Waals surface area contributed by atoms with Crippen molar-refractivity contribution in [2.24, 2.45) is 0 Å². The first-order valence-corrected chi connectivity index (χ1v) is 9.54. The Morgan fingerprint density at radius 3 is 2.70 bits per heavy atom. The molecule has 8 nitrogen and oxygen atoms in total. The molecule has 0 atom stereocenters. The minimum absolute atomic E-state index is 0.0117. The number of anilines is 3. The van der Waals surface area contributed by atoms with Gasteiger partial charge in [0.2, 0.25) is 11.9 Å². The second-order valence-corrected chi connectivity index (χ2v) is 7.08. The Kier molecular flexibility index (Phi) is 5.62. The van der Waals surface area contributed by atoms with Crippen LogP contribution in [0, 0.1) is 5.82 Å². The number of nitrogens with one attached hydrogen (secondary N) is 2. The van der Waals surface area contributed by atoms with E-state index in [4.69, 9.17) is 16.3 Å². The number of hydrogen-bond donors (Lipinski definition) is 2. The number of aromatic nitrogens is 3. The number of hydrogen-bond acceptors (Lipinski definition) is 7. The Balaban J connectivity index is 1.40. The van der Waals surface area contributed by atoms with E-state index in [0.717, 1.165) is 11.8 Å². The van der Waals surface area contributed by atoms with Crippen molar-refractivity contribution in [3.05, 3.63) is 65.2 Å². The predicted octanol–water partition coefficient (Wildman–Crippen LogP) is 3.03. The minimum Gasteiger partial charge on any atom is -0.487 e. The summed E-state index contributed by atoms with van der Waals surface area (Å²) in [5.41, 5.74) is 0.553. The smallest absolute Gasteiger partial charge is 0.251 e. The van der Waals surface area contributed by atoms with Crippen LogP contribution in [-0.4, -0.2) is 47.1 Å². The van der Waals surface area contributed by atoms with Crippen molar-refractivity contribution in [2.45, 2.75) is 6.10 Å². The molecule has 30 heavy (non-hydrogen) atoms. The SMILES string of the molecule is CNC(=O)c1cc(F)cc(Nc2ncnc(N3CC(Oc4ccc(Cl)cc4)C3)n2)c1. The molecule has 2 heterocycles. The van der Waals surface area contributed by atoms with E-state index in [0.29, 0.717) is 29.7 Å². The molecule has 0 aliphatic carbocycles. The van der Waals surface area contributed by atoms with E-state index in [1.54, 1.807) is 12.1 Å². The zero-order valence-electron chi connectivity index (χ0n) is 16.0. The Morgan fingerprint density at radius 2 is 1.97 bits per heavy atom. The molecule has 0 saturated carbocycles. The van der Waals surface area contributed by atoms with Gasteiger partial charge in [-0.1, -0.05) is 11.6 Å². The molecule has 0 spiro atoms. The van der Waals surface area contributed by atoms with Gasteiger partial charge in [0.15, 0.2) is 0 Å². The highest BCUT2D eigenvalue weighted by molar-refractivity contribution is 6.30. The quantitative estimate of drug-likeness (QED) is 0.623. The van der Waals surface area contributed by atoms with Crippen molar-refractivity contribution in [3.63, 3.8) is 0 Å². The lowest BCUT2D eigenvalue weighted by Crippen LogP contribution is -2.54. The van der Waals surface area contributed by atoms with Crippen LogP contribution in [0.4, 0.5) is 22.0 Å². The van der Waals surface area contributed by atoms with Crippen LogP contribution in [0.2, 0.25) is 5.02 Å². The van der Waals surface area contributed by atoms with E-state index in [1.165, 1.54) is 25.5 Å². The van der Waals surface area contributed by atoms with Gasteiger partial charge in [0.25, 0.3) is 5.91 Å². The number of nitrogens with zero attached hydrogens (tertiary/aromatic N) is 4. The van der Waals surface area contributed by atoms with Crippen LogP contribution in [0.5, 0.6) is 5.75 Å². The van der Waals surface area contributed by atoms with Crippen molar-refractivity contribution >= 4 is 35.1 Å². The van der Waals surface area contributed by atoms with Crippen molar-refractivity contribution in [1.82, 2.24) is 20.3 Å². The van der Waals surface area contributed by atoms with Crippen LogP contribution in [-0.2, 0) is 0 Å². The van der Waals surface area contributed by atoms with Crippen LogP contribution in [0.3, 0.4) is 0 Å². The zero-order chi connectivity index (χ0) is 21.1. The molecule has 154 valence electrons. The third kappa shape index (κ3) is 4.57. The highest BCUT2D eigenvalue weighted by Gasteiger charge is 2.30. The molecule has 0 unspecified atom stereocenters. The van der Waals surface area contributed by atoms with Crippen LogP contribution >= 0.6 is 11.6 Å². The maximum absolute atomic E-state index is 13.8. The Bertz CT molecular complexity index is 1060. The van der Waals surface area contributed by atoms with Crippen LogP contribution in [0.1, 0.15) is 10.4 Å². The number of carbonyl (C=O) groups excluding carboxylic acids is 1. The van der Waals surface area contributed by atoms with E-state index >= 15 is 0 Å². The lowest BCUT2D eigenvalue weighted by molar-refractivity contribution is 0.0962. The van der Waals surface area contributed by atoms with Gasteiger partial charge in [-0.25, -0.2) is 14.4 Å². The Hall–Kier alpha value is -3.46. The minimum atomic E-state index is -0.544. The first-order chi connectivity index (χ1) is 14.5. The van der Waals surface area contributed by atoms with Gasteiger partial charge in [-0.05, 0) is 42.5 Å². The summed E-state index contributed by atoms with van der Waals surface area (Å²) in [5.74, 6) is 0.543. The summed E-state index contributed by atoms with van der Waals surface area (Å²) >= 11 is 5.88. The van der Waals surface area contributed by atoms with E-state index in [9.17, 15) is 9.18 Å². The van der Waals surface area contributed by atoms with Crippen molar-refractivity contribution in [2.75, 3.05) is 30.4 Å². The molecular formula is C20H18ClFN6O2. The summed E-state index contributed by atoms with van der Waals surface area (Å²) in [6.45, 7) is 1.24. The van der Waals surface area contributed by atoms with Gasteiger partial charge >= 0.3 is 0 Å². The van der Waals surface area contributed by atoms with Crippen LogP contribution < -0.4 is 20.3 Å². The summed E-state index contributed by atoms with van der Waals surface area (Å²) in [7, 11) is 1.48. The number of carbonyl (C=O) groups is 1. The van der Waals surface area contributed by atoms with Crippen LogP contribution in [0.15, 0.2) is 48.8 Å². The first-order valence-electron chi connectivity index (χ1n) is 9.16. The second-order valence-electron chi connectivity index (χ2n) is 6.64. The average molecular weight is 429 g/mol. The molecule has 1 fully saturated rings. The first kappa shape index (κ1) is 19.8. The van der Waals surface area contributed by atoms with Crippen molar-refractivity contribution < 1.29 is 13.9 Å². The van der Waals surface area contributed by atoms with Gasteiger partial charge < -0.3 is 20.3 Å². The molecule has 1 amide bonds. The lowest BCUT2D eigenvalue weighted by atomic mass is 10.2. The topological polar surface area (TPSA) is 92.3 Å². The molecule has 1 saturated heterocycles. The monoisotopic (exact) mass is 428 g/mol. The number of rotatable bonds is 6. The van der Waals surface area contributed by atoms with Gasteiger partial charge in [-0.2, -0.15) is 4.98 Å². The van der Waals surface area contributed by atoms with Gasteiger partial charge in [-0.15, -0.1) is 0 Å². The molecule has 4 rings (SSSR count). The number of halogens is 2. The normalized spacial score (nSPS) is 13.5. The number of amides is 1. The van der Waals surface area contributed by atoms with E-state index < -0.39 is 5.82 Å². The Morgan fingerprint density at radius 1 is 1.20 bits per heavy atom. The molecule has 2 N–H and O–H groups in total. The predicted molar refractivity (Wildman–Crippen MR) is 111 cm³/mol. The highest BCUT2D eigenvalue weighted by atomic mass is 35.5. The maximum atomic E-state index is 13.8. The zero-order valence-corrected chi connectivity index (χ0v) is 16.7. The summed E-state index contributed by atoms with van der Waals surface area (Å²) in [4.78, 5) is 26.3. The molecule has 1 aliphatic rings. The fourth-order valence-electron chi connectivity index (χ4n) is 2.95. The molecule has 0 radical (unpaired) electrons. The van der Waals surface area contributed by atoms with E-state index in [-0.39, 0.29) is 23.5 Å². The number of ether oxygens (including phenoxy) is 1. The highest BCUT2D eigenvalue weighted by Crippen LogP contribution is 2.24. The molecular weight excluding hydrogens is 411 g/mol. The molecule has 1 aliphatic heterocycles. The fourth-order valence-corrected chi connectivity index (χ4v) is 3.07. The molecule has 3 aromatic rings. The average Bonchev–Trinajstić information content (AvgIpc) is 2.71. The summed E-state index contributed by atoms with van der Waals surface area (Å²) in [6, 6.07) is 11.1. The fraction of sp³-hybridized carbons (Fsp3) is 0.200. The summed E-state index contributed by atoms with van der Waals surface area (Å²) in [5, 5.41) is 6.03. The van der Waals surface area contributed by atoms with Crippen molar-refractivity contribution in [1.29, 1.82) is 0 Å². The van der Waals surface area contributed by atoms with Gasteiger partial charge in [-0.3, -0.25) is 4.79 Å². The van der Waals surface area contributed by atoms with Crippen molar-refractivity contribution in [3.8, 4) is 5.75 Å². The largest absolute Gasteiger partial charge is 0.487 e. The van der Waals surface area contributed by atoms with E-state index in [2.05, 4.69) is 25.6 Å². The third-order valence-electron chi connectivity index (χ3n) is 4.45. The van der Waals surface area contributed by atoms with E-state index in [1.807, 2.05) is 17.0 Å². The van der Waals surface area contributed by atoms with Gasteiger partial charge in [0.05, 0.1) is 13.1 Å². The Labute approximate surface area is 177 Å². The standard InChI is InChI=1S/C20H18ClFN6O2/c1-23-18(29)12-6-14(22)8-15(7-12)26-19-24-11-25-20(27-19)28-9-17(10-28)30-16-4-2-13(21)3-5-16/h2-8,11,17H,9-10H2,1H3,(H,23,29)(H,24,25,26,27). The second kappa shape index (κ2) is 8.50. The molecule has 2 aromatic carbocycles. The van der Waals surface area contributed by atoms with Crippen LogP contribution in [0.25, 0.3) is 0 Å². The number of benzene rings is 2. The lowest BCUT2D eigenvalue weighted by Gasteiger charge is -2.38.